The molecular weight excluding hydrogens is 178 g/mol. The van der Waals surface area contributed by atoms with Gasteiger partial charge in [0.25, 0.3) is 0 Å². The van der Waals surface area contributed by atoms with Crippen molar-refractivity contribution in [3.8, 4) is 5.88 Å². The van der Waals surface area contributed by atoms with Crippen molar-refractivity contribution in [3.63, 3.8) is 0 Å². The van der Waals surface area contributed by atoms with E-state index in [2.05, 4.69) is 22.2 Å². The summed E-state index contributed by atoms with van der Waals surface area (Å²) in [5.74, 6) is 1.50. The van der Waals surface area contributed by atoms with Crippen molar-refractivity contribution >= 4 is 5.84 Å². The van der Waals surface area contributed by atoms with Crippen molar-refractivity contribution in [3.05, 3.63) is 23.9 Å². The molecule has 0 aliphatic carbocycles. The molecule has 0 amide bonds. The van der Waals surface area contributed by atoms with Crippen LogP contribution in [0.5, 0.6) is 5.88 Å². The summed E-state index contributed by atoms with van der Waals surface area (Å²) < 4.78 is 5.16. The molecule has 1 aliphatic rings. The van der Waals surface area contributed by atoms with E-state index in [0.29, 0.717) is 11.9 Å². The van der Waals surface area contributed by atoms with E-state index >= 15 is 0 Å². The average molecular weight is 191 g/mol. The van der Waals surface area contributed by atoms with E-state index in [0.717, 1.165) is 17.9 Å². The third kappa shape index (κ3) is 1.55. The van der Waals surface area contributed by atoms with Gasteiger partial charge in [-0.2, -0.15) is 0 Å². The van der Waals surface area contributed by atoms with Gasteiger partial charge >= 0.3 is 0 Å². The molecule has 0 fully saturated rings. The number of hydrogen-bond donors (Lipinski definition) is 1. The van der Waals surface area contributed by atoms with Crippen LogP contribution in [0.2, 0.25) is 0 Å². The molecule has 0 saturated carbocycles. The van der Waals surface area contributed by atoms with Crippen LogP contribution in [0.3, 0.4) is 0 Å². The van der Waals surface area contributed by atoms with Crippen molar-refractivity contribution in [1.82, 2.24) is 10.3 Å². The molecule has 0 spiro atoms. The van der Waals surface area contributed by atoms with Gasteiger partial charge < -0.3 is 10.1 Å². The highest BCUT2D eigenvalue weighted by Crippen LogP contribution is 2.15. The highest BCUT2D eigenvalue weighted by molar-refractivity contribution is 6.01. The third-order valence-electron chi connectivity index (χ3n) is 2.13. The number of hydrogen-bond acceptors (Lipinski definition) is 4. The van der Waals surface area contributed by atoms with Gasteiger partial charge in [-0.1, -0.05) is 0 Å². The molecule has 14 heavy (non-hydrogen) atoms. The fourth-order valence-corrected chi connectivity index (χ4v) is 1.45. The van der Waals surface area contributed by atoms with Crippen LogP contribution >= 0.6 is 0 Å². The first kappa shape index (κ1) is 8.99. The Hall–Kier alpha value is -1.58. The molecule has 74 valence electrons. The topological polar surface area (TPSA) is 46.5 Å². The number of ether oxygens (including phenoxy) is 1. The van der Waals surface area contributed by atoms with Crippen molar-refractivity contribution in [2.24, 2.45) is 4.99 Å². The highest BCUT2D eigenvalue weighted by atomic mass is 16.5. The minimum atomic E-state index is 0.398. The maximum absolute atomic E-state index is 5.16. The number of nitrogens with zero attached hydrogens (tertiary/aromatic N) is 2. The van der Waals surface area contributed by atoms with Gasteiger partial charge in [0.15, 0.2) is 0 Å². The summed E-state index contributed by atoms with van der Waals surface area (Å²) >= 11 is 0. The van der Waals surface area contributed by atoms with E-state index in [-0.39, 0.29) is 0 Å². The molecule has 4 nitrogen and oxygen atoms in total. The molecule has 0 aromatic carbocycles. The maximum atomic E-state index is 5.16. The van der Waals surface area contributed by atoms with Gasteiger partial charge in [0, 0.05) is 12.2 Å². The second-order valence-corrected chi connectivity index (χ2v) is 3.29. The lowest BCUT2D eigenvalue weighted by molar-refractivity contribution is 0.397. The first-order valence-electron chi connectivity index (χ1n) is 4.61. The van der Waals surface area contributed by atoms with Gasteiger partial charge in [-0.05, 0) is 19.1 Å². The standard InChI is InChI=1S/C10H13N3O/c1-7-6-12-9(13-7)8-4-3-5-11-10(8)14-2/h3-5,7H,6H2,1-2H3,(H,12,13). The second-order valence-electron chi connectivity index (χ2n) is 3.29. The fourth-order valence-electron chi connectivity index (χ4n) is 1.45. The molecule has 1 aliphatic heterocycles. The number of amidine groups is 1. The van der Waals surface area contributed by atoms with Crippen molar-refractivity contribution in [2.45, 2.75) is 13.0 Å². The van der Waals surface area contributed by atoms with Crippen molar-refractivity contribution in [1.29, 1.82) is 0 Å². The fraction of sp³-hybridized carbons (Fsp3) is 0.400. The maximum Gasteiger partial charge on any atom is 0.224 e. The zero-order valence-corrected chi connectivity index (χ0v) is 8.32. The molecule has 1 atom stereocenters. The summed E-state index contributed by atoms with van der Waals surface area (Å²) in [5.41, 5.74) is 0.930. The van der Waals surface area contributed by atoms with Gasteiger partial charge in [-0.3, -0.25) is 4.99 Å². The summed E-state index contributed by atoms with van der Waals surface area (Å²) in [4.78, 5) is 8.50. The average Bonchev–Trinajstić information content (AvgIpc) is 2.65. The molecule has 2 heterocycles. The van der Waals surface area contributed by atoms with E-state index in [4.69, 9.17) is 4.74 Å². The summed E-state index contributed by atoms with van der Waals surface area (Å²) in [6.45, 7) is 2.91. The number of aliphatic imine (C=N–C) groups is 1. The quantitative estimate of drug-likeness (QED) is 0.753. The lowest BCUT2D eigenvalue weighted by Gasteiger charge is -2.08. The molecular formula is C10H13N3O. The zero-order valence-electron chi connectivity index (χ0n) is 8.32. The van der Waals surface area contributed by atoms with Crippen molar-refractivity contribution < 1.29 is 4.74 Å². The second kappa shape index (κ2) is 3.65. The Kier molecular flexibility index (Phi) is 2.35. The number of nitrogens with one attached hydrogen (secondary N) is 1. The molecule has 0 saturated heterocycles. The van der Waals surface area contributed by atoms with Crippen molar-refractivity contribution in [2.75, 3.05) is 13.7 Å². The van der Waals surface area contributed by atoms with E-state index in [9.17, 15) is 0 Å². The predicted octanol–water partition coefficient (Wildman–Crippen LogP) is 0.829. The predicted molar refractivity (Wildman–Crippen MR) is 54.8 cm³/mol. The Balaban J connectivity index is 2.32. The summed E-state index contributed by atoms with van der Waals surface area (Å²) in [5, 5.41) is 3.27. The molecule has 0 bridgehead atoms. The number of methoxy groups -OCH3 is 1. The van der Waals surface area contributed by atoms with E-state index in [1.165, 1.54) is 0 Å². The van der Waals surface area contributed by atoms with Gasteiger partial charge in [-0.25, -0.2) is 4.98 Å². The third-order valence-corrected chi connectivity index (χ3v) is 2.13. The Labute approximate surface area is 83.0 Å². The van der Waals surface area contributed by atoms with Crippen LogP contribution in [0.1, 0.15) is 12.5 Å². The molecule has 2 rings (SSSR count). The molecule has 1 aromatic heterocycles. The number of rotatable bonds is 2. The first-order valence-corrected chi connectivity index (χ1v) is 4.61. The summed E-state index contributed by atoms with van der Waals surface area (Å²) in [6, 6.07) is 4.23. The molecule has 1 N–H and O–H groups in total. The van der Waals surface area contributed by atoms with Crippen LogP contribution in [0.4, 0.5) is 0 Å². The van der Waals surface area contributed by atoms with Crippen LogP contribution in [-0.4, -0.2) is 30.5 Å². The number of aromatic nitrogens is 1. The van der Waals surface area contributed by atoms with Crippen LogP contribution in [-0.2, 0) is 0 Å². The van der Waals surface area contributed by atoms with E-state index in [1.807, 2.05) is 12.1 Å². The van der Waals surface area contributed by atoms with Gasteiger partial charge in [0.2, 0.25) is 5.88 Å². The van der Waals surface area contributed by atoms with Crippen LogP contribution in [0, 0.1) is 0 Å². The Morgan fingerprint density at radius 1 is 1.57 bits per heavy atom. The Bertz CT molecular complexity index is 362. The van der Waals surface area contributed by atoms with E-state index < -0.39 is 0 Å². The zero-order chi connectivity index (χ0) is 9.97. The highest BCUT2D eigenvalue weighted by Gasteiger charge is 2.17. The number of pyridine rings is 1. The lowest BCUT2D eigenvalue weighted by atomic mass is 10.2. The molecule has 0 radical (unpaired) electrons. The Morgan fingerprint density at radius 2 is 2.43 bits per heavy atom. The van der Waals surface area contributed by atoms with E-state index in [1.54, 1.807) is 13.3 Å². The lowest BCUT2D eigenvalue weighted by Crippen LogP contribution is -2.28. The molecule has 1 aromatic rings. The normalized spacial score (nSPS) is 20.1. The largest absolute Gasteiger partial charge is 0.480 e. The molecule has 4 heteroatoms. The monoisotopic (exact) mass is 191 g/mol. The SMILES string of the molecule is COc1ncccc1C1=NCC(C)N1. The molecule has 1 unspecified atom stereocenters. The van der Waals surface area contributed by atoms with Crippen LogP contribution in [0.15, 0.2) is 23.3 Å². The minimum Gasteiger partial charge on any atom is -0.480 e. The van der Waals surface area contributed by atoms with Crippen LogP contribution < -0.4 is 10.1 Å². The first-order chi connectivity index (χ1) is 6.81. The van der Waals surface area contributed by atoms with Gasteiger partial charge in [-0.15, -0.1) is 0 Å². The van der Waals surface area contributed by atoms with Gasteiger partial charge in [0.1, 0.15) is 5.84 Å². The summed E-state index contributed by atoms with van der Waals surface area (Å²) in [6.07, 6.45) is 1.71. The Morgan fingerprint density at radius 3 is 3.07 bits per heavy atom. The summed E-state index contributed by atoms with van der Waals surface area (Å²) in [7, 11) is 1.62. The minimum absolute atomic E-state index is 0.398. The van der Waals surface area contributed by atoms with Gasteiger partial charge in [0.05, 0.1) is 19.2 Å². The smallest absolute Gasteiger partial charge is 0.224 e. The van der Waals surface area contributed by atoms with Crippen LogP contribution in [0.25, 0.3) is 0 Å².